The smallest absolute Gasteiger partial charge is 0.0963 e. The number of aliphatic hydroxyl groups is 2. The molecule has 1 fully saturated rings. The highest BCUT2D eigenvalue weighted by Gasteiger charge is 2.30. The Morgan fingerprint density at radius 1 is 1.56 bits per heavy atom. The molecular formula is C6H13NO2. The molecule has 3 N–H and O–H groups in total. The molecule has 54 valence electrons. The Bertz CT molecular complexity index is 97.1. The van der Waals surface area contributed by atoms with Crippen molar-refractivity contribution in [2.75, 3.05) is 6.54 Å². The molecule has 0 saturated carbocycles. The van der Waals surface area contributed by atoms with Crippen LogP contribution >= 0.6 is 0 Å². The molecule has 9 heavy (non-hydrogen) atoms. The number of hydrogen-bond donors (Lipinski definition) is 3. The third-order valence-corrected chi connectivity index (χ3v) is 1.84. The first-order valence-corrected chi connectivity index (χ1v) is 3.35. The summed E-state index contributed by atoms with van der Waals surface area (Å²) >= 11 is 0. The normalized spacial score (nSPS) is 43.7. The van der Waals surface area contributed by atoms with E-state index in [1.165, 1.54) is 0 Å². The van der Waals surface area contributed by atoms with Crippen LogP contribution in [0.1, 0.15) is 13.3 Å². The fraction of sp³-hybridized carbons (Fsp3) is 1.00. The summed E-state index contributed by atoms with van der Waals surface area (Å²) in [5, 5.41) is 21.1. The summed E-state index contributed by atoms with van der Waals surface area (Å²) < 4.78 is 0. The van der Waals surface area contributed by atoms with Gasteiger partial charge in [0.1, 0.15) is 0 Å². The van der Waals surface area contributed by atoms with Crippen LogP contribution < -0.4 is 5.32 Å². The second-order valence-corrected chi connectivity index (χ2v) is 2.48. The maximum Gasteiger partial charge on any atom is 0.0963 e. The number of nitrogens with one attached hydrogen (secondary N) is 1. The maximum atomic E-state index is 9.14. The van der Waals surface area contributed by atoms with E-state index in [2.05, 4.69) is 5.32 Å². The van der Waals surface area contributed by atoms with Crippen LogP contribution in [0.4, 0.5) is 0 Å². The third kappa shape index (κ3) is 1.23. The van der Waals surface area contributed by atoms with E-state index >= 15 is 0 Å². The van der Waals surface area contributed by atoms with E-state index in [-0.39, 0.29) is 6.04 Å². The highest BCUT2D eigenvalue weighted by Crippen LogP contribution is 2.09. The lowest BCUT2D eigenvalue weighted by Gasteiger charge is -2.12. The first-order chi connectivity index (χ1) is 4.25. The number of β-amino-alcohol motifs (C(OH)–C–C–N with tert-alkyl or cyclic N) is 1. The van der Waals surface area contributed by atoms with Crippen LogP contribution in [-0.4, -0.2) is 35.0 Å². The van der Waals surface area contributed by atoms with Crippen LogP contribution in [0.2, 0.25) is 0 Å². The highest BCUT2D eigenvalue weighted by molar-refractivity contribution is 4.89. The van der Waals surface area contributed by atoms with Gasteiger partial charge in [-0.3, -0.25) is 0 Å². The molecule has 1 aliphatic heterocycles. The summed E-state index contributed by atoms with van der Waals surface area (Å²) in [6.45, 7) is 2.51. The Morgan fingerprint density at radius 3 is 2.44 bits per heavy atom. The zero-order valence-corrected chi connectivity index (χ0v) is 5.54. The minimum atomic E-state index is -0.560. The van der Waals surface area contributed by atoms with Crippen molar-refractivity contribution in [2.45, 2.75) is 31.6 Å². The van der Waals surface area contributed by atoms with E-state index in [4.69, 9.17) is 10.2 Å². The van der Waals surface area contributed by atoms with Crippen LogP contribution in [-0.2, 0) is 0 Å². The van der Waals surface area contributed by atoms with E-state index in [9.17, 15) is 0 Å². The number of aliphatic hydroxyl groups excluding tert-OH is 2. The molecule has 0 aliphatic carbocycles. The van der Waals surface area contributed by atoms with E-state index in [0.29, 0.717) is 6.54 Å². The van der Waals surface area contributed by atoms with Gasteiger partial charge < -0.3 is 15.5 Å². The van der Waals surface area contributed by atoms with Gasteiger partial charge in [0.2, 0.25) is 0 Å². The summed E-state index contributed by atoms with van der Waals surface area (Å²) in [7, 11) is 0. The fourth-order valence-electron chi connectivity index (χ4n) is 1.17. The predicted molar refractivity (Wildman–Crippen MR) is 34.1 cm³/mol. The molecule has 3 heteroatoms. The van der Waals surface area contributed by atoms with Crippen LogP contribution in [0.5, 0.6) is 0 Å². The summed E-state index contributed by atoms with van der Waals surface area (Å²) in [6.07, 6.45) is -0.247. The first kappa shape index (κ1) is 6.99. The Kier molecular flexibility index (Phi) is 2.05. The standard InChI is InChI=1S/C6H13NO2/c1-2-4-6(9)5(8)3-7-4/h4-9H,2-3H2,1H3/t4-,5-,6-/m0/s1. The lowest BCUT2D eigenvalue weighted by molar-refractivity contribution is 0.0401. The molecule has 0 unspecified atom stereocenters. The highest BCUT2D eigenvalue weighted by atomic mass is 16.3. The Hall–Kier alpha value is -0.120. The minimum absolute atomic E-state index is 0.0972. The molecule has 0 aromatic rings. The van der Waals surface area contributed by atoms with Crippen molar-refractivity contribution < 1.29 is 10.2 Å². The molecule has 1 rings (SSSR count). The molecule has 0 aromatic carbocycles. The topological polar surface area (TPSA) is 52.5 Å². The summed E-state index contributed by atoms with van der Waals surface area (Å²) in [4.78, 5) is 0. The molecule has 0 amide bonds. The lowest BCUT2D eigenvalue weighted by atomic mass is 10.1. The summed E-state index contributed by atoms with van der Waals surface area (Å²) in [5.74, 6) is 0. The maximum absolute atomic E-state index is 9.14. The van der Waals surface area contributed by atoms with E-state index in [1.54, 1.807) is 0 Å². The molecule has 0 spiro atoms. The van der Waals surface area contributed by atoms with Crippen molar-refractivity contribution in [3.8, 4) is 0 Å². The van der Waals surface area contributed by atoms with E-state index < -0.39 is 12.2 Å². The number of hydrogen-bond acceptors (Lipinski definition) is 3. The molecule has 1 aliphatic rings. The van der Waals surface area contributed by atoms with Crippen molar-refractivity contribution in [3.63, 3.8) is 0 Å². The second kappa shape index (κ2) is 2.64. The van der Waals surface area contributed by atoms with E-state index in [0.717, 1.165) is 6.42 Å². The van der Waals surface area contributed by atoms with Gasteiger partial charge in [-0.05, 0) is 6.42 Å². The molecule has 1 saturated heterocycles. The molecule has 0 bridgehead atoms. The molecule has 0 radical (unpaired) electrons. The SMILES string of the molecule is CC[C@@H]1NC[C@H](O)[C@H]1O. The zero-order chi connectivity index (χ0) is 6.85. The van der Waals surface area contributed by atoms with Gasteiger partial charge in [-0.1, -0.05) is 6.92 Å². The van der Waals surface area contributed by atoms with Crippen LogP contribution in [0.25, 0.3) is 0 Å². The largest absolute Gasteiger partial charge is 0.389 e. The van der Waals surface area contributed by atoms with Crippen LogP contribution in [0, 0.1) is 0 Å². The number of rotatable bonds is 1. The molecule has 3 nitrogen and oxygen atoms in total. The van der Waals surface area contributed by atoms with Crippen molar-refractivity contribution in [2.24, 2.45) is 0 Å². The third-order valence-electron chi connectivity index (χ3n) is 1.84. The van der Waals surface area contributed by atoms with Gasteiger partial charge in [0.05, 0.1) is 12.2 Å². The van der Waals surface area contributed by atoms with Gasteiger partial charge in [0, 0.05) is 12.6 Å². The van der Waals surface area contributed by atoms with Gasteiger partial charge in [-0.15, -0.1) is 0 Å². The first-order valence-electron chi connectivity index (χ1n) is 3.35. The summed E-state index contributed by atoms with van der Waals surface area (Å²) in [5.41, 5.74) is 0. The average Bonchev–Trinajstić information content (AvgIpc) is 2.15. The monoisotopic (exact) mass is 131 g/mol. The van der Waals surface area contributed by atoms with Crippen molar-refractivity contribution >= 4 is 0 Å². The lowest BCUT2D eigenvalue weighted by Crippen LogP contribution is -2.31. The van der Waals surface area contributed by atoms with Crippen molar-refractivity contribution in [1.82, 2.24) is 5.32 Å². The minimum Gasteiger partial charge on any atom is -0.389 e. The Labute approximate surface area is 54.7 Å². The van der Waals surface area contributed by atoms with Crippen molar-refractivity contribution in [1.29, 1.82) is 0 Å². The molecule has 3 atom stereocenters. The van der Waals surface area contributed by atoms with Gasteiger partial charge >= 0.3 is 0 Å². The molecular weight excluding hydrogens is 118 g/mol. The molecule has 0 aromatic heterocycles. The van der Waals surface area contributed by atoms with Gasteiger partial charge in [-0.25, -0.2) is 0 Å². The average molecular weight is 131 g/mol. The van der Waals surface area contributed by atoms with Crippen LogP contribution in [0.15, 0.2) is 0 Å². The van der Waals surface area contributed by atoms with Gasteiger partial charge in [0.25, 0.3) is 0 Å². The summed E-state index contributed by atoms with van der Waals surface area (Å²) in [6, 6.07) is 0.0972. The zero-order valence-electron chi connectivity index (χ0n) is 5.54. The van der Waals surface area contributed by atoms with Gasteiger partial charge in [-0.2, -0.15) is 0 Å². The van der Waals surface area contributed by atoms with Gasteiger partial charge in [0.15, 0.2) is 0 Å². The quantitative estimate of drug-likeness (QED) is 0.432. The van der Waals surface area contributed by atoms with E-state index in [1.807, 2.05) is 6.92 Å². The Morgan fingerprint density at radius 2 is 2.22 bits per heavy atom. The Balaban J connectivity index is 2.41. The molecule has 1 heterocycles. The van der Waals surface area contributed by atoms with Crippen molar-refractivity contribution in [3.05, 3.63) is 0 Å². The van der Waals surface area contributed by atoms with Crippen LogP contribution in [0.3, 0.4) is 0 Å². The second-order valence-electron chi connectivity index (χ2n) is 2.48. The fourth-order valence-corrected chi connectivity index (χ4v) is 1.17. The predicted octanol–water partition coefficient (Wildman–Crippen LogP) is -0.910.